The Morgan fingerprint density at radius 1 is 1.45 bits per heavy atom. The number of nitrogens with zero attached hydrogens (tertiary/aromatic N) is 1. The van der Waals surface area contributed by atoms with Crippen LogP contribution in [0.4, 0.5) is 13.2 Å². The molecule has 1 fully saturated rings. The number of alkyl halides is 3. The Labute approximate surface area is 114 Å². The molecule has 1 saturated heterocycles. The molecule has 2 N–H and O–H groups in total. The highest BCUT2D eigenvalue weighted by Crippen LogP contribution is 2.28. The van der Waals surface area contributed by atoms with Gasteiger partial charge < -0.3 is 10.6 Å². The summed E-state index contributed by atoms with van der Waals surface area (Å²) in [5, 5.41) is 5.96. The third-order valence-corrected chi connectivity index (χ3v) is 3.26. The first kappa shape index (κ1) is 14.8. The van der Waals surface area contributed by atoms with Crippen LogP contribution in [-0.4, -0.2) is 30.0 Å². The van der Waals surface area contributed by atoms with Gasteiger partial charge in [-0.1, -0.05) is 0 Å². The number of carbonyl (C=O) groups excluding carboxylic acids is 1. The number of pyridine rings is 1. The van der Waals surface area contributed by atoms with Crippen molar-refractivity contribution in [1.82, 2.24) is 15.6 Å². The lowest BCUT2D eigenvalue weighted by Gasteiger charge is -2.11. The van der Waals surface area contributed by atoms with Crippen molar-refractivity contribution in [3.05, 3.63) is 29.6 Å². The van der Waals surface area contributed by atoms with E-state index in [2.05, 4.69) is 15.6 Å². The van der Waals surface area contributed by atoms with Crippen LogP contribution in [-0.2, 0) is 6.18 Å². The third kappa shape index (κ3) is 3.93. The zero-order valence-electron chi connectivity index (χ0n) is 10.8. The summed E-state index contributed by atoms with van der Waals surface area (Å²) < 4.78 is 37.0. The molecule has 20 heavy (non-hydrogen) atoms. The molecular weight excluding hydrogens is 271 g/mol. The maximum Gasteiger partial charge on any atom is 0.417 e. The Morgan fingerprint density at radius 2 is 2.25 bits per heavy atom. The molecule has 0 bridgehead atoms. The molecule has 7 heteroatoms. The molecule has 0 saturated carbocycles. The van der Waals surface area contributed by atoms with Gasteiger partial charge in [-0.3, -0.25) is 9.78 Å². The Balaban J connectivity index is 1.82. The van der Waals surface area contributed by atoms with Crippen LogP contribution in [0.1, 0.15) is 35.3 Å². The summed E-state index contributed by atoms with van der Waals surface area (Å²) in [5.74, 6) is -0.447. The van der Waals surface area contributed by atoms with Crippen LogP contribution >= 0.6 is 0 Å². The van der Waals surface area contributed by atoms with E-state index < -0.39 is 17.6 Å². The molecule has 1 aliphatic rings. The summed E-state index contributed by atoms with van der Waals surface area (Å²) in [4.78, 5) is 15.3. The first-order chi connectivity index (χ1) is 9.47. The Morgan fingerprint density at radius 3 is 2.80 bits per heavy atom. The van der Waals surface area contributed by atoms with Crippen molar-refractivity contribution in [1.29, 1.82) is 0 Å². The number of hydrogen-bond acceptors (Lipinski definition) is 3. The van der Waals surface area contributed by atoms with Gasteiger partial charge in [0, 0.05) is 18.8 Å². The Kier molecular flexibility index (Phi) is 4.59. The van der Waals surface area contributed by atoms with E-state index in [9.17, 15) is 18.0 Å². The van der Waals surface area contributed by atoms with E-state index in [0.717, 1.165) is 37.9 Å². The largest absolute Gasteiger partial charge is 0.417 e. The summed E-state index contributed by atoms with van der Waals surface area (Å²) in [7, 11) is 0. The van der Waals surface area contributed by atoms with Gasteiger partial charge in [0.25, 0.3) is 5.91 Å². The lowest BCUT2D eigenvalue weighted by atomic mass is 10.1. The summed E-state index contributed by atoms with van der Waals surface area (Å²) in [5.41, 5.74) is -0.860. The van der Waals surface area contributed by atoms with Crippen LogP contribution in [0.2, 0.25) is 0 Å². The first-order valence-corrected chi connectivity index (χ1v) is 6.51. The molecule has 0 spiro atoms. The van der Waals surface area contributed by atoms with Crippen LogP contribution in [0.15, 0.2) is 18.3 Å². The number of aromatic nitrogens is 1. The predicted molar refractivity (Wildman–Crippen MR) is 67.2 cm³/mol. The van der Waals surface area contributed by atoms with Gasteiger partial charge in [0.1, 0.15) is 5.69 Å². The Bertz CT molecular complexity index is 453. The fraction of sp³-hybridized carbons (Fsp3) is 0.538. The van der Waals surface area contributed by atoms with Gasteiger partial charge >= 0.3 is 6.18 Å². The highest BCUT2D eigenvalue weighted by molar-refractivity contribution is 5.92. The second-order valence-corrected chi connectivity index (χ2v) is 4.77. The quantitative estimate of drug-likeness (QED) is 0.890. The molecule has 2 rings (SSSR count). The van der Waals surface area contributed by atoms with Crippen molar-refractivity contribution in [3.63, 3.8) is 0 Å². The van der Waals surface area contributed by atoms with Crippen LogP contribution < -0.4 is 10.6 Å². The summed E-state index contributed by atoms with van der Waals surface area (Å²) >= 11 is 0. The highest BCUT2D eigenvalue weighted by Gasteiger charge is 2.30. The molecule has 1 aliphatic heterocycles. The maximum absolute atomic E-state index is 12.3. The van der Waals surface area contributed by atoms with E-state index in [4.69, 9.17) is 0 Å². The van der Waals surface area contributed by atoms with Gasteiger partial charge in [0.15, 0.2) is 0 Å². The van der Waals surface area contributed by atoms with Crippen molar-refractivity contribution in [2.75, 3.05) is 13.1 Å². The van der Waals surface area contributed by atoms with Gasteiger partial charge in [-0.25, -0.2) is 0 Å². The number of carbonyl (C=O) groups is 1. The van der Waals surface area contributed by atoms with Crippen LogP contribution in [0.25, 0.3) is 0 Å². The minimum atomic E-state index is -4.43. The lowest BCUT2D eigenvalue weighted by molar-refractivity contribution is -0.137. The summed E-state index contributed by atoms with van der Waals surface area (Å²) in [6.45, 7) is 1.48. The molecule has 1 atom stereocenters. The normalized spacial score (nSPS) is 19.1. The molecule has 1 aromatic heterocycles. The number of hydrogen-bond donors (Lipinski definition) is 2. The standard InChI is InChI=1S/C13H16F3N3O/c14-13(15,16)9-3-4-11(19-8-9)12(20)18-7-5-10-2-1-6-17-10/h3-4,8,10,17H,1-2,5-7H2,(H,18,20)/t10-/m1/s1. The molecule has 0 aliphatic carbocycles. The van der Waals surface area contributed by atoms with Gasteiger partial charge in [-0.15, -0.1) is 0 Å². The molecule has 0 aromatic carbocycles. The van der Waals surface area contributed by atoms with Gasteiger partial charge in [-0.2, -0.15) is 13.2 Å². The van der Waals surface area contributed by atoms with E-state index in [0.29, 0.717) is 18.8 Å². The van der Waals surface area contributed by atoms with E-state index >= 15 is 0 Å². The number of rotatable bonds is 4. The molecule has 2 heterocycles. The van der Waals surface area contributed by atoms with Crippen LogP contribution in [0, 0.1) is 0 Å². The topological polar surface area (TPSA) is 54.0 Å². The minimum Gasteiger partial charge on any atom is -0.351 e. The number of halogens is 3. The zero-order chi connectivity index (χ0) is 14.6. The second kappa shape index (κ2) is 6.21. The average molecular weight is 287 g/mol. The zero-order valence-corrected chi connectivity index (χ0v) is 10.8. The van der Waals surface area contributed by atoms with Gasteiger partial charge in [-0.05, 0) is 37.9 Å². The molecule has 4 nitrogen and oxygen atoms in total. The smallest absolute Gasteiger partial charge is 0.351 e. The monoisotopic (exact) mass is 287 g/mol. The molecule has 0 radical (unpaired) electrons. The van der Waals surface area contributed by atoms with Crippen molar-refractivity contribution in [2.24, 2.45) is 0 Å². The fourth-order valence-electron chi connectivity index (χ4n) is 2.15. The predicted octanol–water partition coefficient (Wildman–Crippen LogP) is 1.97. The first-order valence-electron chi connectivity index (χ1n) is 6.51. The Hall–Kier alpha value is -1.63. The fourth-order valence-corrected chi connectivity index (χ4v) is 2.15. The van der Waals surface area contributed by atoms with Crippen LogP contribution in [0.3, 0.4) is 0 Å². The van der Waals surface area contributed by atoms with E-state index in [1.165, 1.54) is 0 Å². The number of amides is 1. The number of nitrogens with one attached hydrogen (secondary N) is 2. The van der Waals surface area contributed by atoms with Crippen molar-refractivity contribution >= 4 is 5.91 Å². The third-order valence-electron chi connectivity index (χ3n) is 3.26. The average Bonchev–Trinajstić information content (AvgIpc) is 2.91. The summed E-state index contributed by atoms with van der Waals surface area (Å²) in [6.07, 6.45) is -0.719. The highest BCUT2D eigenvalue weighted by atomic mass is 19.4. The van der Waals surface area contributed by atoms with Crippen molar-refractivity contribution in [2.45, 2.75) is 31.5 Å². The van der Waals surface area contributed by atoms with Crippen molar-refractivity contribution < 1.29 is 18.0 Å². The second-order valence-electron chi connectivity index (χ2n) is 4.77. The minimum absolute atomic E-state index is 0.00242. The molecule has 110 valence electrons. The van der Waals surface area contributed by atoms with Gasteiger partial charge in [0.2, 0.25) is 0 Å². The van der Waals surface area contributed by atoms with Crippen molar-refractivity contribution in [3.8, 4) is 0 Å². The molecular formula is C13H16F3N3O. The van der Waals surface area contributed by atoms with Crippen LogP contribution in [0.5, 0.6) is 0 Å². The SMILES string of the molecule is O=C(NCC[C@H]1CCCN1)c1ccc(C(F)(F)F)cn1. The van der Waals surface area contributed by atoms with E-state index in [1.54, 1.807) is 0 Å². The maximum atomic E-state index is 12.3. The van der Waals surface area contributed by atoms with E-state index in [1.807, 2.05) is 0 Å². The molecule has 0 unspecified atom stereocenters. The lowest BCUT2D eigenvalue weighted by Crippen LogP contribution is -2.31. The molecule has 1 aromatic rings. The van der Waals surface area contributed by atoms with Gasteiger partial charge in [0.05, 0.1) is 5.56 Å². The van der Waals surface area contributed by atoms with E-state index in [-0.39, 0.29) is 5.69 Å². The molecule has 1 amide bonds. The summed E-state index contributed by atoms with van der Waals surface area (Å²) in [6, 6.07) is 2.36.